The van der Waals surface area contributed by atoms with Crippen LogP contribution in [0.4, 0.5) is 0 Å². The number of halogens is 1. The fraction of sp³-hybridized carbons (Fsp3) is 0.100. The Balaban J connectivity index is 1.81. The van der Waals surface area contributed by atoms with Crippen molar-refractivity contribution in [2.45, 2.75) is 13.0 Å². The third kappa shape index (κ3) is 3.32. The van der Waals surface area contributed by atoms with E-state index in [0.29, 0.717) is 10.8 Å². The minimum atomic E-state index is -0.0405. The number of hydrogen-bond acceptors (Lipinski definition) is 1. The molecular formula is C20H17ClO. The molecule has 0 N–H and O–H groups in total. The zero-order chi connectivity index (χ0) is 15.4. The molecule has 22 heavy (non-hydrogen) atoms. The molecule has 0 aromatic heterocycles. The Kier molecular flexibility index (Phi) is 4.45. The van der Waals surface area contributed by atoms with E-state index in [1.54, 1.807) is 0 Å². The summed E-state index contributed by atoms with van der Waals surface area (Å²) in [7, 11) is 0. The summed E-state index contributed by atoms with van der Waals surface area (Å²) >= 11 is 6.39. The fourth-order valence-electron chi connectivity index (χ4n) is 2.39. The number of rotatable bonds is 4. The van der Waals surface area contributed by atoms with Crippen molar-refractivity contribution in [1.82, 2.24) is 0 Å². The van der Waals surface area contributed by atoms with Gasteiger partial charge < -0.3 is 4.74 Å². The Morgan fingerprint density at radius 1 is 0.773 bits per heavy atom. The van der Waals surface area contributed by atoms with Gasteiger partial charge in [-0.3, -0.25) is 0 Å². The van der Waals surface area contributed by atoms with Gasteiger partial charge in [0.2, 0.25) is 0 Å². The normalized spacial score (nSPS) is 11.9. The number of benzene rings is 3. The first-order valence-corrected chi connectivity index (χ1v) is 7.68. The molecule has 0 aliphatic carbocycles. The monoisotopic (exact) mass is 308 g/mol. The second kappa shape index (κ2) is 6.67. The summed E-state index contributed by atoms with van der Waals surface area (Å²) in [6, 6.07) is 26.2. The lowest BCUT2D eigenvalue weighted by Gasteiger charge is -2.16. The summed E-state index contributed by atoms with van der Waals surface area (Å²) in [6.07, 6.45) is -0.0405. The summed E-state index contributed by atoms with van der Waals surface area (Å²) in [5, 5.41) is 0.629. The minimum absolute atomic E-state index is 0.0405. The molecule has 0 radical (unpaired) electrons. The van der Waals surface area contributed by atoms with Crippen LogP contribution in [-0.4, -0.2) is 0 Å². The van der Waals surface area contributed by atoms with Crippen molar-refractivity contribution in [2.24, 2.45) is 0 Å². The highest BCUT2D eigenvalue weighted by atomic mass is 35.5. The lowest BCUT2D eigenvalue weighted by atomic mass is 10.1. The van der Waals surface area contributed by atoms with E-state index in [1.165, 1.54) is 0 Å². The molecule has 0 saturated carbocycles. The molecule has 2 heteroatoms. The largest absolute Gasteiger partial charge is 0.484 e. The first-order valence-electron chi connectivity index (χ1n) is 7.30. The Bertz CT molecular complexity index is 738. The van der Waals surface area contributed by atoms with Gasteiger partial charge in [0.05, 0.1) is 5.02 Å². The van der Waals surface area contributed by atoms with Crippen LogP contribution in [0.25, 0.3) is 11.1 Å². The van der Waals surface area contributed by atoms with Crippen molar-refractivity contribution >= 4 is 11.6 Å². The van der Waals surface area contributed by atoms with Crippen LogP contribution in [0, 0.1) is 0 Å². The molecule has 0 aliphatic heterocycles. The zero-order valence-corrected chi connectivity index (χ0v) is 13.1. The van der Waals surface area contributed by atoms with Gasteiger partial charge in [-0.2, -0.15) is 0 Å². The van der Waals surface area contributed by atoms with Gasteiger partial charge in [-0.1, -0.05) is 78.3 Å². The molecule has 0 fully saturated rings. The summed E-state index contributed by atoms with van der Waals surface area (Å²) < 4.78 is 5.99. The van der Waals surface area contributed by atoms with Crippen LogP contribution in [0.3, 0.4) is 0 Å². The SMILES string of the molecule is C[C@@H](Oc1ccc(-c2ccccc2)cc1Cl)c1ccccc1. The van der Waals surface area contributed by atoms with Gasteiger partial charge in [0, 0.05) is 0 Å². The first kappa shape index (κ1) is 14.7. The first-order chi connectivity index (χ1) is 10.7. The highest BCUT2D eigenvalue weighted by Gasteiger charge is 2.10. The molecule has 3 aromatic rings. The minimum Gasteiger partial charge on any atom is -0.484 e. The van der Waals surface area contributed by atoms with Crippen LogP contribution in [0.1, 0.15) is 18.6 Å². The van der Waals surface area contributed by atoms with Crippen LogP contribution in [0.2, 0.25) is 5.02 Å². The Morgan fingerprint density at radius 3 is 2.05 bits per heavy atom. The molecule has 110 valence electrons. The van der Waals surface area contributed by atoms with E-state index >= 15 is 0 Å². The standard InChI is InChI=1S/C20H17ClO/c1-15(16-8-4-2-5-9-16)22-20-13-12-18(14-19(20)21)17-10-6-3-7-11-17/h2-15H,1H3/t15-/m1/s1. The molecule has 0 bridgehead atoms. The topological polar surface area (TPSA) is 9.23 Å². The van der Waals surface area contributed by atoms with Crippen molar-refractivity contribution in [2.75, 3.05) is 0 Å². The van der Waals surface area contributed by atoms with Gasteiger partial charge in [-0.15, -0.1) is 0 Å². The van der Waals surface area contributed by atoms with Crippen LogP contribution in [0.5, 0.6) is 5.75 Å². The fourth-order valence-corrected chi connectivity index (χ4v) is 2.61. The molecule has 0 saturated heterocycles. The van der Waals surface area contributed by atoms with E-state index < -0.39 is 0 Å². The van der Waals surface area contributed by atoms with Crippen molar-refractivity contribution in [3.8, 4) is 16.9 Å². The quantitative estimate of drug-likeness (QED) is 0.562. The molecule has 3 aromatic carbocycles. The molecule has 0 unspecified atom stereocenters. The maximum Gasteiger partial charge on any atom is 0.138 e. The number of ether oxygens (including phenoxy) is 1. The summed E-state index contributed by atoms with van der Waals surface area (Å²) in [5.74, 6) is 0.706. The van der Waals surface area contributed by atoms with Crippen molar-refractivity contribution < 1.29 is 4.74 Å². The average Bonchev–Trinajstić information content (AvgIpc) is 2.58. The predicted octanol–water partition coefficient (Wildman–Crippen LogP) is 6.15. The molecule has 3 rings (SSSR count). The Hall–Kier alpha value is -2.25. The van der Waals surface area contributed by atoms with Gasteiger partial charge in [-0.25, -0.2) is 0 Å². The van der Waals surface area contributed by atoms with E-state index in [4.69, 9.17) is 16.3 Å². The molecule has 0 heterocycles. The number of hydrogen-bond donors (Lipinski definition) is 0. The summed E-state index contributed by atoms with van der Waals surface area (Å²) in [6.45, 7) is 2.02. The second-order valence-corrected chi connectivity index (χ2v) is 5.59. The Labute approximate surface area is 136 Å². The zero-order valence-electron chi connectivity index (χ0n) is 12.4. The Morgan fingerprint density at radius 2 is 1.41 bits per heavy atom. The predicted molar refractivity (Wildman–Crippen MR) is 92.4 cm³/mol. The molecule has 0 amide bonds. The van der Waals surface area contributed by atoms with E-state index in [2.05, 4.69) is 24.3 Å². The molecular weight excluding hydrogens is 292 g/mol. The lowest BCUT2D eigenvalue weighted by molar-refractivity contribution is 0.227. The van der Waals surface area contributed by atoms with Gasteiger partial charge in [-0.05, 0) is 35.7 Å². The van der Waals surface area contributed by atoms with E-state index in [0.717, 1.165) is 16.7 Å². The molecule has 1 atom stereocenters. The van der Waals surface area contributed by atoms with Crippen LogP contribution in [-0.2, 0) is 0 Å². The van der Waals surface area contributed by atoms with Crippen molar-refractivity contribution in [1.29, 1.82) is 0 Å². The lowest BCUT2D eigenvalue weighted by Crippen LogP contribution is -2.03. The highest BCUT2D eigenvalue weighted by molar-refractivity contribution is 6.32. The maximum atomic E-state index is 6.39. The van der Waals surface area contributed by atoms with E-state index in [-0.39, 0.29) is 6.10 Å². The average molecular weight is 309 g/mol. The molecule has 1 nitrogen and oxygen atoms in total. The second-order valence-electron chi connectivity index (χ2n) is 5.18. The van der Waals surface area contributed by atoms with Crippen molar-refractivity contribution in [3.63, 3.8) is 0 Å². The smallest absolute Gasteiger partial charge is 0.138 e. The van der Waals surface area contributed by atoms with Crippen LogP contribution in [0.15, 0.2) is 78.9 Å². The van der Waals surface area contributed by atoms with Crippen LogP contribution < -0.4 is 4.74 Å². The maximum absolute atomic E-state index is 6.39. The third-order valence-electron chi connectivity index (χ3n) is 3.61. The molecule has 0 spiro atoms. The summed E-state index contributed by atoms with van der Waals surface area (Å²) in [4.78, 5) is 0. The summed E-state index contributed by atoms with van der Waals surface area (Å²) in [5.41, 5.74) is 3.36. The molecule has 0 aliphatic rings. The van der Waals surface area contributed by atoms with Crippen LogP contribution >= 0.6 is 11.6 Å². The van der Waals surface area contributed by atoms with Gasteiger partial charge in [0.15, 0.2) is 0 Å². The van der Waals surface area contributed by atoms with E-state index in [1.807, 2.05) is 61.5 Å². The third-order valence-corrected chi connectivity index (χ3v) is 3.91. The van der Waals surface area contributed by atoms with Gasteiger partial charge >= 0.3 is 0 Å². The van der Waals surface area contributed by atoms with E-state index in [9.17, 15) is 0 Å². The highest BCUT2D eigenvalue weighted by Crippen LogP contribution is 2.33. The van der Waals surface area contributed by atoms with Crippen molar-refractivity contribution in [3.05, 3.63) is 89.4 Å². The van der Waals surface area contributed by atoms with Gasteiger partial charge in [0.25, 0.3) is 0 Å². The van der Waals surface area contributed by atoms with Gasteiger partial charge in [0.1, 0.15) is 11.9 Å².